The van der Waals surface area contributed by atoms with Crippen molar-refractivity contribution in [3.05, 3.63) is 46.5 Å². The summed E-state index contributed by atoms with van der Waals surface area (Å²) in [4.78, 5) is 11.5. The van der Waals surface area contributed by atoms with Gasteiger partial charge in [0.1, 0.15) is 6.26 Å². The van der Waals surface area contributed by atoms with Crippen molar-refractivity contribution in [2.24, 2.45) is 0 Å². The van der Waals surface area contributed by atoms with E-state index in [-0.39, 0.29) is 5.78 Å². The summed E-state index contributed by atoms with van der Waals surface area (Å²) >= 11 is 1.66. The molecule has 2 aromatic heterocycles. The van der Waals surface area contributed by atoms with Crippen LogP contribution in [0.1, 0.15) is 22.3 Å². The van der Waals surface area contributed by atoms with Crippen LogP contribution in [0.25, 0.3) is 0 Å². The van der Waals surface area contributed by atoms with Gasteiger partial charge in [-0.05, 0) is 34.9 Å². The molecule has 0 bridgehead atoms. The summed E-state index contributed by atoms with van der Waals surface area (Å²) in [6.45, 7) is 0. The van der Waals surface area contributed by atoms with E-state index in [0.717, 1.165) is 6.42 Å². The molecule has 0 fully saturated rings. The van der Waals surface area contributed by atoms with Crippen molar-refractivity contribution in [1.82, 2.24) is 0 Å². The molecule has 3 heteroatoms. The SMILES string of the molecule is O=C(CCc1ccsc1)c1ccoc1. The van der Waals surface area contributed by atoms with E-state index in [4.69, 9.17) is 4.42 Å². The average Bonchev–Trinajstić information content (AvgIpc) is 2.87. The Bertz CT molecular complexity index is 387. The van der Waals surface area contributed by atoms with E-state index in [9.17, 15) is 4.79 Å². The van der Waals surface area contributed by atoms with Gasteiger partial charge in [-0.1, -0.05) is 0 Å². The highest BCUT2D eigenvalue weighted by Crippen LogP contribution is 2.11. The number of furan rings is 1. The molecule has 0 spiro atoms. The molecule has 0 saturated carbocycles. The molecule has 0 amide bonds. The number of ketones is 1. The van der Waals surface area contributed by atoms with Crippen LogP contribution in [0.15, 0.2) is 39.8 Å². The summed E-state index contributed by atoms with van der Waals surface area (Å²) in [5, 5.41) is 4.10. The Balaban J connectivity index is 1.90. The van der Waals surface area contributed by atoms with Crippen molar-refractivity contribution in [2.45, 2.75) is 12.8 Å². The number of hydrogen-bond acceptors (Lipinski definition) is 3. The van der Waals surface area contributed by atoms with Crippen LogP contribution in [-0.2, 0) is 6.42 Å². The molecule has 0 atom stereocenters. The first-order valence-corrected chi connectivity index (χ1v) is 5.37. The van der Waals surface area contributed by atoms with Crippen LogP contribution in [0.3, 0.4) is 0 Å². The van der Waals surface area contributed by atoms with E-state index in [1.165, 1.54) is 18.1 Å². The Morgan fingerprint density at radius 3 is 3.00 bits per heavy atom. The van der Waals surface area contributed by atoms with Crippen molar-refractivity contribution < 1.29 is 9.21 Å². The van der Waals surface area contributed by atoms with Crippen LogP contribution in [-0.4, -0.2) is 5.78 Å². The van der Waals surface area contributed by atoms with Crippen LogP contribution < -0.4 is 0 Å². The predicted octanol–water partition coefficient (Wildman–Crippen LogP) is 3.16. The van der Waals surface area contributed by atoms with E-state index in [1.807, 2.05) is 11.4 Å². The highest BCUT2D eigenvalue weighted by molar-refractivity contribution is 7.07. The fourth-order valence-corrected chi connectivity index (χ4v) is 1.96. The fourth-order valence-electron chi connectivity index (χ4n) is 1.26. The maximum atomic E-state index is 11.5. The van der Waals surface area contributed by atoms with Gasteiger partial charge in [-0.2, -0.15) is 11.3 Å². The van der Waals surface area contributed by atoms with Crippen LogP contribution in [0.5, 0.6) is 0 Å². The molecule has 2 rings (SSSR count). The van der Waals surface area contributed by atoms with E-state index in [1.54, 1.807) is 17.4 Å². The maximum absolute atomic E-state index is 11.5. The van der Waals surface area contributed by atoms with Gasteiger partial charge in [0.15, 0.2) is 5.78 Å². The number of aryl methyl sites for hydroxylation is 1. The second kappa shape index (κ2) is 4.24. The Morgan fingerprint density at radius 2 is 2.36 bits per heavy atom. The van der Waals surface area contributed by atoms with Crippen molar-refractivity contribution in [2.75, 3.05) is 0 Å². The van der Waals surface area contributed by atoms with Gasteiger partial charge in [0.05, 0.1) is 11.8 Å². The second-order valence-corrected chi connectivity index (χ2v) is 3.85. The van der Waals surface area contributed by atoms with Crippen molar-refractivity contribution in [1.29, 1.82) is 0 Å². The standard InChI is InChI=1S/C11H10O2S/c12-11(10-3-5-13-7-10)2-1-9-4-6-14-8-9/h3-8H,1-2H2. The highest BCUT2D eigenvalue weighted by atomic mass is 32.1. The lowest BCUT2D eigenvalue weighted by Gasteiger charge is -1.95. The van der Waals surface area contributed by atoms with Gasteiger partial charge >= 0.3 is 0 Å². The molecule has 72 valence electrons. The van der Waals surface area contributed by atoms with E-state index >= 15 is 0 Å². The van der Waals surface area contributed by atoms with Gasteiger partial charge in [0, 0.05) is 6.42 Å². The quantitative estimate of drug-likeness (QED) is 0.719. The van der Waals surface area contributed by atoms with Crippen molar-refractivity contribution in [3.63, 3.8) is 0 Å². The van der Waals surface area contributed by atoms with Crippen LogP contribution in [0, 0.1) is 0 Å². The molecule has 0 aliphatic carbocycles. The summed E-state index contributed by atoms with van der Waals surface area (Å²) in [7, 11) is 0. The minimum Gasteiger partial charge on any atom is -0.472 e. The zero-order valence-corrected chi connectivity index (χ0v) is 8.42. The summed E-state index contributed by atoms with van der Waals surface area (Å²) in [5.74, 6) is 0.143. The largest absolute Gasteiger partial charge is 0.472 e. The number of thiophene rings is 1. The van der Waals surface area contributed by atoms with Crippen LogP contribution in [0.4, 0.5) is 0 Å². The molecule has 2 heterocycles. The summed E-state index contributed by atoms with van der Waals surface area (Å²) in [6.07, 6.45) is 4.39. The van der Waals surface area contributed by atoms with Gasteiger partial charge in [0.2, 0.25) is 0 Å². The third-order valence-electron chi connectivity index (χ3n) is 2.06. The van der Waals surface area contributed by atoms with Crippen molar-refractivity contribution in [3.8, 4) is 0 Å². The number of carbonyl (C=O) groups excluding carboxylic acids is 1. The molecular weight excluding hydrogens is 196 g/mol. The number of Topliss-reactive ketones (excluding diaryl/α,β-unsaturated/α-hetero) is 1. The zero-order valence-electron chi connectivity index (χ0n) is 7.60. The van der Waals surface area contributed by atoms with Gasteiger partial charge < -0.3 is 4.42 Å². The Morgan fingerprint density at radius 1 is 1.43 bits per heavy atom. The number of hydrogen-bond donors (Lipinski definition) is 0. The zero-order chi connectivity index (χ0) is 9.80. The maximum Gasteiger partial charge on any atom is 0.166 e. The lowest BCUT2D eigenvalue weighted by molar-refractivity contribution is 0.0982. The Kier molecular flexibility index (Phi) is 2.79. The lowest BCUT2D eigenvalue weighted by Crippen LogP contribution is -1.98. The molecule has 0 aliphatic heterocycles. The number of carbonyl (C=O) groups is 1. The first-order valence-electron chi connectivity index (χ1n) is 4.43. The molecular formula is C11H10O2S. The molecule has 0 N–H and O–H groups in total. The van der Waals surface area contributed by atoms with Gasteiger partial charge in [-0.15, -0.1) is 0 Å². The molecule has 2 aromatic rings. The highest BCUT2D eigenvalue weighted by Gasteiger charge is 2.06. The van der Waals surface area contributed by atoms with Crippen LogP contribution >= 0.6 is 11.3 Å². The molecule has 0 aliphatic rings. The minimum absolute atomic E-state index is 0.143. The first-order chi connectivity index (χ1) is 6.86. The second-order valence-electron chi connectivity index (χ2n) is 3.07. The normalized spacial score (nSPS) is 10.3. The minimum atomic E-state index is 0.143. The third-order valence-corrected chi connectivity index (χ3v) is 2.80. The average molecular weight is 206 g/mol. The monoisotopic (exact) mass is 206 g/mol. The molecule has 0 radical (unpaired) electrons. The van der Waals surface area contributed by atoms with Gasteiger partial charge in [-0.3, -0.25) is 4.79 Å². The molecule has 0 saturated heterocycles. The topological polar surface area (TPSA) is 30.2 Å². The van der Waals surface area contributed by atoms with E-state index in [2.05, 4.69) is 5.38 Å². The summed E-state index contributed by atoms with van der Waals surface area (Å²) in [5.41, 5.74) is 1.90. The van der Waals surface area contributed by atoms with E-state index in [0.29, 0.717) is 12.0 Å². The fraction of sp³-hybridized carbons (Fsp3) is 0.182. The smallest absolute Gasteiger partial charge is 0.166 e. The van der Waals surface area contributed by atoms with Gasteiger partial charge in [0.25, 0.3) is 0 Å². The summed E-state index contributed by atoms with van der Waals surface area (Å²) in [6, 6.07) is 3.75. The third kappa shape index (κ3) is 2.12. The van der Waals surface area contributed by atoms with Gasteiger partial charge in [-0.25, -0.2) is 0 Å². The Labute approximate surface area is 86.2 Å². The molecule has 0 aromatic carbocycles. The van der Waals surface area contributed by atoms with Crippen molar-refractivity contribution >= 4 is 17.1 Å². The lowest BCUT2D eigenvalue weighted by atomic mass is 10.1. The predicted molar refractivity (Wildman–Crippen MR) is 55.7 cm³/mol. The van der Waals surface area contributed by atoms with E-state index < -0.39 is 0 Å². The first kappa shape index (κ1) is 9.21. The summed E-state index contributed by atoms with van der Waals surface area (Å²) < 4.78 is 4.85. The Hall–Kier alpha value is -1.35. The number of rotatable bonds is 4. The molecule has 0 unspecified atom stereocenters. The molecule has 14 heavy (non-hydrogen) atoms. The molecule has 2 nitrogen and oxygen atoms in total. The van der Waals surface area contributed by atoms with Crippen LogP contribution in [0.2, 0.25) is 0 Å².